The summed E-state index contributed by atoms with van der Waals surface area (Å²) in [6, 6.07) is 14.1. The fraction of sp³-hybridized carbons (Fsp3) is 0.370. The van der Waals surface area contributed by atoms with E-state index in [2.05, 4.69) is 41.3 Å². The number of aromatic nitrogens is 2. The van der Waals surface area contributed by atoms with Crippen molar-refractivity contribution in [2.24, 2.45) is 0 Å². The van der Waals surface area contributed by atoms with E-state index in [1.54, 1.807) is 12.6 Å². The lowest BCUT2D eigenvalue weighted by atomic mass is 10.1. The average Bonchev–Trinajstić information content (AvgIpc) is 2.80. The molecule has 3 rings (SSSR count). The first kappa shape index (κ1) is 26.2. The van der Waals surface area contributed by atoms with Crippen molar-refractivity contribution in [1.29, 1.82) is 5.26 Å². The first-order valence-electron chi connectivity index (χ1n) is 11.3. The maximum atomic E-state index is 11.8. The zero-order valence-electron chi connectivity index (χ0n) is 20.5. The summed E-state index contributed by atoms with van der Waals surface area (Å²) in [4.78, 5) is 9.71. The van der Waals surface area contributed by atoms with Crippen LogP contribution in [-0.2, 0) is 30.2 Å². The van der Waals surface area contributed by atoms with E-state index in [1.165, 1.54) is 5.56 Å². The molecule has 0 aliphatic rings. The molecule has 2 aromatic carbocycles. The van der Waals surface area contributed by atoms with Crippen LogP contribution in [0.1, 0.15) is 59.3 Å². The molecule has 0 saturated heterocycles. The zero-order chi connectivity index (χ0) is 24.4. The van der Waals surface area contributed by atoms with Crippen molar-refractivity contribution in [3.05, 3.63) is 81.8 Å². The molecule has 0 bridgehead atoms. The van der Waals surface area contributed by atoms with Crippen LogP contribution >= 0.6 is 0 Å². The molecule has 1 aromatic heterocycles. The lowest BCUT2D eigenvalue weighted by Crippen LogP contribution is -2.08. The Morgan fingerprint density at radius 3 is 2.36 bits per heavy atom. The molecule has 1 unspecified atom stereocenters. The normalized spacial score (nSPS) is 11.2. The fourth-order valence-electron chi connectivity index (χ4n) is 3.53. The Hall–Kier alpha value is -3.04. The summed E-state index contributed by atoms with van der Waals surface area (Å²) < 4.78 is 11.8. The number of aryl methyl sites for hydroxylation is 4. The highest BCUT2D eigenvalue weighted by Gasteiger charge is 2.10. The molecule has 0 fully saturated rings. The van der Waals surface area contributed by atoms with Crippen LogP contribution in [0.2, 0.25) is 0 Å². The van der Waals surface area contributed by atoms with Gasteiger partial charge in [0.25, 0.3) is 0 Å². The minimum absolute atomic E-state index is 0.667. The highest BCUT2D eigenvalue weighted by Crippen LogP contribution is 2.20. The Labute approximate surface area is 200 Å². The third-order valence-electron chi connectivity index (χ3n) is 5.41. The summed E-state index contributed by atoms with van der Waals surface area (Å²) in [5, 5.41) is 12.0. The molecule has 3 aromatic rings. The van der Waals surface area contributed by atoms with Crippen molar-refractivity contribution in [1.82, 2.24) is 9.97 Å². The number of nitriles is 1. The Morgan fingerprint density at radius 2 is 1.76 bits per heavy atom. The lowest BCUT2D eigenvalue weighted by Gasteiger charge is -2.13. The molecule has 1 heterocycles. The minimum atomic E-state index is -0.965. The maximum Gasteiger partial charge on any atom is 0.133 e. The van der Waals surface area contributed by atoms with E-state index in [1.807, 2.05) is 51.1 Å². The molecule has 0 saturated carbocycles. The quantitative estimate of drug-likeness (QED) is 0.478. The third-order valence-corrected chi connectivity index (χ3v) is 6.47. The van der Waals surface area contributed by atoms with Gasteiger partial charge in [0.15, 0.2) is 0 Å². The monoisotopic (exact) mass is 462 g/mol. The molecule has 0 spiro atoms. The number of hydrogen-bond donors (Lipinski definition) is 1. The molecule has 0 radical (unpaired) electrons. The van der Waals surface area contributed by atoms with Crippen molar-refractivity contribution in [3.8, 4) is 6.07 Å². The molecular weight excluding hydrogens is 428 g/mol. The van der Waals surface area contributed by atoms with Crippen LogP contribution in [0.5, 0.6) is 0 Å². The summed E-state index contributed by atoms with van der Waals surface area (Å²) in [6.07, 6.45) is 6.32. The summed E-state index contributed by atoms with van der Waals surface area (Å²) in [5.74, 6) is 0.908. The maximum absolute atomic E-state index is 11.8. The first-order valence-corrected chi connectivity index (χ1v) is 12.8. The van der Waals surface area contributed by atoms with E-state index >= 15 is 0 Å². The van der Waals surface area contributed by atoms with E-state index in [4.69, 9.17) is 5.26 Å². The van der Waals surface area contributed by atoms with E-state index < -0.39 is 10.8 Å². The molecule has 0 amide bonds. The second-order valence-corrected chi connectivity index (χ2v) is 9.44. The van der Waals surface area contributed by atoms with Gasteiger partial charge in [0, 0.05) is 29.0 Å². The first-order chi connectivity index (χ1) is 15.8. The van der Waals surface area contributed by atoms with E-state index in [9.17, 15) is 4.21 Å². The second-order valence-electron chi connectivity index (χ2n) is 8.09. The molecule has 174 valence electrons. The van der Waals surface area contributed by atoms with Gasteiger partial charge < -0.3 is 5.32 Å². The van der Waals surface area contributed by atoms with Gasteiger partial charge in [-0.05, 0) is 68.0 Å². The van der Waals surface area contributed by atoms with E-state index in [0.717, 1.165) is 63.5 Å². The average molecular weight is 463 g/mol. The minimum Gasteiger partial charge on any atom is -0.366 e. The molecule has 6 heteroatoms. The van der Waals surface area contributed by atoms with Crippen LogP contribution in [-0.4, -0.2) is 20.4 Å². The Balaban J connectivity index is 0.000000321. The third kappa shape index (κ3) is 7.50. The Kier molecular flexibility index (Phi) is 10.2. The predicted molar refractivity (Wildman–Crippen MR) is 137 cm³/mol. The van der Waals surface area contributed by atoms with E-state index in [0.29, 0.717) is 6.54 Å². The van der Waals surface area contributed by atoms with Crippen molar-refractivity contribution >= 4 is 16.6 Å². The number of rotatable bonds is 7. The molecule has 1 atom stereocenters. The van der Waals surface area contributed by atoms with Gasteiger partial charge in [-0.3, -0.25) is 4.21 Å². The molecular formula is C27H34N4OS. The van der Waals surface area contributed by atoms with Gasteiger partial charge in [-0.15, -0.1) is 0 Å². The SMILES string of the molecule is CCCc1ncnc(NCc2ccc(C)c(S(C)=O)c2)c1CC.Cc1ccc(C)c(C#N)c1. The summed E-state index contributed by atoms with van der Waals surface area (Å²) in [5.41, 5.74) is 7.47. The molecule has 33 heavy (non-hydrogen) atoms. The van der Waals surface area contributed by atoms with Gasteiger partial charge in [-0.2, -0.15) is 5.26 Å². The van der Waals surface area contributed by atoms with Crippen LogP contribution in [0.3, 0.4) is 0 Å². The van der Waals surface area contributed by atoms with Crippen molar-refractivity contribution < 1.29 is 4.21 Å². The van der Waals surface area contributed by atoms with Crippen molar-refractivity contribution in [2.75, 3.05) is 11.6 Å². The number of anilines is 1. The number of benzene rings is 2. The van der Waals surface area contributed by atoms with Crippen molar-refractivity contribution in [3.63, 3.8) is 0 Å². The number of nitrogens with zero attached hydrogens (tertiary/aromatic N) is 3. The lowest BCUT2D eigenvalue weighted by molar-refractivity contribution is 0.686. The van der Waals surface area contributed by atoms with Crippen LogP contribution in [0.15, 0.2) is 47.6 Å². The standard InChI is InChI=1S/C18H25N3OS.C9H9N/c1-5-7-16-15(6-2)18(21-12-20-16)19-11-14-9-8-13(3)17(10-14)23(4)22;1-7-3-4-8(2)9(5-7)6-10/h8-10,12H,5-7,11H2,1-4H3,(H,19,20,21);3-5H,1-2H3. The van der Waals surface area contributed by atoms with Crippen LogP contribution in [0, 0.1) is 32.1 Å². The van der Waals surface area contributed by atoms with Gasteiger partial charge >= 0.3 is 0 Å². The highest BCUT2D eigenvalue weighted by atomic mass is 32.2. The van der Waals surface area contributed by atoms with Crippen LogP contribution in [0.25, 0.3) is 0 Å². The zero-order valence-corrected chi connectivity index (χ0v) is 21.3. The summed E-state index contributed by atoms with van der Waals surface area (Å²) in [6.45, 7) is 10.9. The smallest absolute Gasteiger partial charge is 0.133 e. The molecule has 5 nitrogen and oxygen atoms in total. The Morgan fingerprint density at radius 1 is 1.03 bits per heavy atom. The van der Waals surface area contributed by atoms with Gasteiger partial charge in [0.1, 0.15) is 12.1 Å². The molecule has 0 aliphatic carbocycles. The van der Waals surface area contributed by atoms with Crippen LogP contribution in [0.4, 0.5) is 5.82 Å². The van der Waals surface area contributed by atoms with Gasteiger partial charge in [-0.1, -0.05) is 44.5 Å². The summed E-state index contributed by atoms with van der Waals surface area (Å²) in [7, 11) is -0.965. The highest BCUT2D eigenvalue weighted by molar-refractivity contribution is 7.84. The topological polar surface area (TPSA) is 78.7 Å². The second kappa shape index (κ2) is 12.9. The largest absolute Gasteiger partial charge is 0.366 e. The van der Waals surface area contributed by atoms with Crippen LogP contribution < -0.4 is 5.32 Å². The summed E-state index contributed by atoms with van der Waals surface area (Å²) >= 11 is 0. The number of hydrogen-bond acceptors (Lipinski definition) is 5. The van der Waals surface area contributed by atoms with Gasteiger partial charge in [0.05, 0.1) is 22.4 Å². The van der Waals surface area contributed by atoms with Gasteiger partial charge in [-0.25, -0.2) is 9.97 Å². The molecule has 1 N–H and O–H groups in total. The van der Waals surface area contributed by atoms with Gasteiger partial charge in [0.2, 0.25) is 0 Å². The fourth-order valence-corrected chi connectivity index (χ4v) is 4.37. The predicted octanol–water partition coefficient (Wildman–Crippen LogP) is 5.82. The molecule has 0 aliphatic heterocycles. The number of nitrogens with one attached hydrogen (secondary N) is 1. The van der Waals surface area contributed by atoms with E-state index in [-0.39, 0.29) is 0 Å². The van der Waals surface area contributed by atoms with Crippen molar-refractivity contribution in [2.45, 2.75) is 65.3 Å². The Bertz CT molecular complexity index is 1150.